The summed E-state index contributed by atoms with van der Waals surface area (Å²) in [6, 6.07) is 45.7. The molecule has 0 fully saturated rings. The summed E-state index contributed by atoms with van der Waals surface area (Å²) < 4.78 is 70.8. The Morgan fingerprint density at radius 2 is 1.42 bits per heavy atom. The Morgan fingerprint density at radius 1 is 0.667 bits per heavy atom. The molecule has 0 aliphatic heterocycles. The molecule has 9 aromatic rings. The number of hydrogen-bond acceptors (Lipinski definition) is 3. The third-order valence-electron chi connectivity index (χ3n) is 9.89. The van der Waals surface area contributed by atoms with Gasteiger partial charge in [-0.3, -0.25) is 0 Å². The third kappa shape index (κ3) is 8.35. The predicted molar refractivity (Wildman–Crippen MR) is 236 cm³/mol. The first-order valence-corrected chi connectivity index (χ1v) is 18.8. The van der Waals surface area contributed by atoms with Gasteiger partial charge in [-0.05, 0) is 79.9 Å². The second kappa shape index (κ2) is 15.9. The van der Waals surface area contributed by atoms with Crippen LogP contribution in [0.15, 0.2) is 138 Å². The van der Waals surface area contributed by atoms with E-state index in [1.54, 1.807) is 39.0 Å². The molecule has 0 atom stereocenters. The number of furan rings is 1. The van der Waals surface area contributed by atoms with Gasteiger partial charge in [-0.2, -0.15) is 0 Å². The molecule has 0 unspecified atom stereocenters. The molecule has 9 rings (SSSR count). The zero-order valence-electron chi connectivity index (χ0n) is 40.8. The molecule has 0 aliphatic carbocycles. The van der Waals surface area contributed by atoms with Crippen LogP contribution in [0.25, 0.3) is 77.1 Å². The monoisotopic (exact) mass is 929 g/mol. The fourth-order valence-electron chi connectivity index (χ4n) is 7.03. The first-order chi connectivity index (χ1) is 30.0. The van der Waals surface area contributed by atoms with E-state index in [0.717, 1.165) is 60.3 Å². The van der Waals surface area contributed by atoms with Crippen LogP contribution in [-0.2, 0) is 31.9 Å². The van der Waals surface area contributed by atoms with Gasteiger partial charge in [0.2, 0.25) is 0 Å². The topological polar surface area (TPSA) is 38.9 Å². The van der Waals surface area contributed by atoms with Crippen LogP contribution < -0.4 is 0 Å². The van der Waals surface area contributed by atoms with E-state index in [4.69, 9.17) is 15.4 Å². The van der Waals surface area contributed by atoms with Crippen molar-refractivity contribution in [3.05, 3.63) is 168 Å². The van der Waals surface area contributed by atoms with Gasteiger partial charge in [-0.25, -0.2) is 0 Å². The summed E-state index contributed by atoms with van der Waals surface area (Å²) in [5.74, 6) is 0. The number of aryl methyl sites for hydroxylation is 2. The maximum atomic E-state index is 8.94. The molecule has 0 amide bonds. The summed E-state index contributed by atoms with van der Waals surface area (Å²) in [5, 5.41) is 6.09. The van der Waals surface area contributed by atoms with Crippen molar-refractivity contribution >= 4 is 43.5 Å². The van der Waals surface area contributed by atoms with Crippen molar-refractivity contribution in [2.45, 2.75) is 67.0 Å². The van der Waals surface area contributed by atoms with Gasteiger partial charge in [0, 0.05) is 54.2 Å². The van der Waals surface area contributed by atoms with Crippen molar-refractivity contribution in [2.24, 2.45) is 5.41 Å². The van der Waals surface area contributed by atoms with Crippen LogP contribution in [0.3, 0.4) is 0 Å². The number of rotatable bonds is 4. The Morgan fingerprint density at radius 3 is 2.12 bits per heavy atom. The second-order valence-electron chi connectivity index (χ2n) is 16.3. The van der Waals surface area contributed by atoms with Gasteiger partial charge in [0.1, 0.15) is 5.58 Å². The summed E-state index contributed by atoms with van der Waals surface area (Å²) in [7, 11) is 0. The Balaban J connectivity index is 0.000000253. The molecule has 287 valence electrons. The molecule has 0 bridgehead atoms. The summed E-state index contributed by atoms with van der Waals surface area (Å²) in [5.41, 5.74) is 6.88. The van der Waals surface area contributed by atoms with Gasteiger partial charge in [-0.15, -0.1) is 53.6 Å². The van der Waals surface area contributed by atoms with Crippen molar-refractivity contribution in [3.8, 4) is 33.6 Å². The zero-order chi connectivity index (χ0) is 46.0. The maximum absolute atomic E-state index is 8.94. The SMILES string of the molecule is [2H]C([2H])([2H])c1c[c-]c(-c2ccc(C(C)(C)C)cn2)cc1.[2H]C([2H])([2H])c1cnc(-c2[c-]ccc3c2oc2c3ccc3ccc4cc(-c5ccccc5)ccc4c32)cc1C([2H])([2H])C(C)(C)C.[Ir]. The van der Waals surface area contributed by atoms with E-state index < -0.39 is 25.5 Å². The van der Waals surface area contributed by atoms with E-state index in [2.05, 4.69) is 97.5 Å². The summed E-state index contributed by atoms with van der Waals surface area (Å²) in [6.45, 7) is 7.11. The van der Waals surface area contributed by atoms with Crippen molar-refractivity contribution < 1.29 is 35.5 Å². The molecule has 0 saturated carbocycles. The Labute approximate surface area is 361 Å². The van der Waals surface area contributed by atoms with E-state index in [1.165, 1.54) is 17.8 Å². The third-order valence-corrected chi connectivity index (χ3v) is 9.89. The Kier molecular flexibility index (Phi) is 8.54. The summed E-state index contributed by atoms with van der Waals surface area (Å²) in [4.78, 5) is 8.96. The molecule has 3 nitrogen and oxygen atoms in total. The van der Waals surface area contributed by atoms with Crippen LogP contribution in [0.1, 0.15) is 74.8 Å². The van der Waals surface area contributed by atoms with Gasteiger partial charge < -0.3 is 14.4 Å². The second-order valence-corrected chi connectivity index (χ2v) is 16.3. The number of benzene rings is 6. The minimum atomic E-state index is -2.52. The maximum Gasteiger partial charge on any atom is 0.129 e. The molecule has 0 saturated heterocycles. The molecule has 3 heterocycles. The molecular formula is C53H48IrN2O-2. The van der Waals surface area contributed by atoms with Crippen LogP contribution in [0.4, 0.5) is 0 Å². The summed E-state index contributed by atoms with van der Waals surface area (Å²) >= 11 is 0. The molecule has 4 heteroatoms. The van der Waals surface area contributed by atoms with Gasteiger partial charge in [-0.1, -0.05) is 150 Å². The smallest absolute Gasteiger partial charge is 0.129 e. The number of pyridine rings is 2. The Hall–Kier alpha value is -5.41. The number of aromatic nitrogens is 2. The van der Waals surface area contributed by atoms with Crippen molar-refractivity contribution in [1.82, 2.24) is 9.97 Å². The van der Waals surface area contributed by atoms with Crippen LogP contribution in [0.2, 0.25) is 0 Å². The van der Waals surface area contributed by atoms with Crippen LogP contribution >= 0.6 is 0 Å². The van der Waals surface area contributed by atoms with Crippen molar-refractivity contribution in [1.29, 1.82) is 0 Å². The van der Waals surface area contributed by atoms with Gasteiger partial charge >= 0.3 is 0 Å². The van der Waals surface area contributed by atoms with Crippen LogP contribution in [0.5, 0.6) is 0 Å². The van der Waals surface area contributed by atoms with Gasteiger partial charge in [0.25, 0.3) is 0 Å². The average Bonchev–Trinajstić information content (AvgIpc) is 3.64. The van der Waals surface area contributed by atoms with Crippen molar-refractivity contribution in [2.75, 3.05) is 0 Å². The number of hydrogen-bond donors (Lipinski definition) is 0. The molecular weight excluding hydrogens is 873 g/mol. The fraction of sp³-hybridized carbons (Fsp3) is 0.208. The molecule has 0 N–H and O–H groups in total. The fourth-order valence-corrected chi connectivity index (χ4v) is 7.03. The standard InChI is InChI=1S/C37H30NO.C16H18N.Ir/c1-23-22-38-33(20-28(23)21-37(2,3)4)32-12-8-11-30-31-18-15-25-13-14-27-19-26(24-9-6-5-7-10-24)16-17-29(27)34(25)36(31)39-35(30)32;1-12-5-7-13(8-6-12)15-10-9-14(11-17-15)16(2,3)4;/h5-11,13-20,22H,21H2,1-4H3;5-7,9-11H,1-4H3;/q2*-1;/i1D3,21D2;1D3;. The van der Waals surface area contributed by atoms with E-state index >= 15 is 0 Å². The van der Waals surface area contributed by atoms with E-state index in [9.17, 15) is 0 Å². The number of nitrogens with zero attached hydrogens (tertiary/aromatic N) is 2. The zero-order valence-corrected chi connectivity index (χ0v) is 35.2. The van der Waals surface area contributed by atoms with E-state index in [-0.39, 0.29) is 36.6 Å². The van der Waals surface area contributed by atoms with Gasteiger partial charge in [0.05, 0.1) is 5.58 Å². The molecule has 0 aliphatic rings. The van der Waals surface area contributed by atoms with Crippen molar-refractivity contribution in [3.63, 3.8) is 0 Å². The minimum Gasteiger partial charge on any atom is -0.500 e. The first-order valence-electron chi connectivity index (χ1n) is 22.8. The predicted octanol–water partition coefficient (Wildman–Crippen LogP) is 14.5. The van der Waals surface area contributed by atoms with Crippen LogP contribution in [-0.4, -0.2) is 9.97 Å². The van der Waals surface area contributed by atoms with Crippen LogP contribution in [0, 0.1) is 31.3 Å². The normalized spacial score (nSPS) is 14.6. The van der Waals surface area contributed by atoms with E-state index in [0.29, 0.717) is 22.4 Å². The minimum absolute atomic E-state index is 0. The first kappa shape index (κ1) is 30.7. The average molecular weight is 929 g/mol. The quantitative estimate of drug-likeness (QED) is 0.130. The molecule has 0 spiro atoms. The Bertz CT molecular complexity index is 3110. The molecule has 57 heavy (non-hydrogen) atoms. The largest absolute Gasteiger partial charge is 0.500 e. The summed E-state index contributed by atoms with van der Waals surface area (Å²) in [6.07, 6.45) is 1.20. The van der Waals surface area contributed by atoms with Gasteiger partial charge in [0.15, 0.2) is 0 Å². The van der Waals surface area contributed by atoms with E-state index in [1.807, 2.05) is 48.7 Å². The number of fused-ring (bicyclic) bond motifs is 7. The molecule has 3 aromatic heterocycles. The molecule has 1 radical (unpaired) electrons. The molecule has 6 aromatic carbocycles.